The molecule has 0 aliphatic heterocycles. The van der Waals surface area contributed by atoms with Crippen molar-refractivity contribution in [1.29, 1.82) is 0 Å². The van der Waals surface area contributed by atoms with Gasteiger partial charge in [-0.25, -0.2) is 0 Å². The van der Waals surface area contributed by atoms with E-state index >= 15 is 0 Å². The van der Waals surface area contributed by atoms with E-state index in [4.69, 9.17) is 0 Å². The molecule has 0 aliphatic rings. The van der Waals surface area contributed by atoms with Crippen molar-refractivity contribution >= 4 is 11.1 Å². The lowest BCUT2D eigenvalue weighted by Gasteiger charge is -2.41. The van der Waals surface area contributed by atoms with Gasteiger partial charge in [0.2, 0.25) is 0 Å². The van der Waals surface area contributed by atoms with Crippen LogP contribution in [0.15, 0.2) is 0 Å². The summed E-state index contributed by atoms with van der Waals surface area (Å²) in [5.74, 6) is 0.142. The molecule has 0 aromatic rings. The summed E-state index contributed by atoms with van der Waals surface area (Å²) in [5.41, 5.74) is 0.0313. The second-order valence-electron chi connectivity index (χ2n) is 4.93. The predicted octanol–water partition coefficient (Wildman–Crippen LogP) is 2.33. The van der Waals surface area contributed by atoms with Crippen LogP contribution in [0.2, 0.25) is 0 Å². The molecule has 0 aromatic carbocycles. The fourth-order valence-corrected chi connectivity index (χ4v) is 1.83. The van der Waals surface area contributed by atoms with Gasteiger partial charge in [0, 0.05) is 4.75 Å². The largest absolute Gasteiger partial charge is 0.772 e. The van der Waals surface area contributed by atoms with Crippen LogP contribution in [0.25, 0.3) is 0 Å². The molecule has 0 rings (SSSR count). The minimum absolute atomic E-state index is 0.0313. The van der Waals surface area contributed by atoms with E-state index in [0.29, 0.717) is 0 Å². The van der Waals surface area contributed by atoms with Crippen LogP contribution < -0.4 is 0 Å². The summed E-state index contributed by atoms with van der Waals surface area (Å²) in [7, 11) is 0. The topological polar surface area (TPSA) is 40.1 Å². The first kappa shape index (κ1) is 12.1. The monoisotopic (exact) mass is 191 g/mol. The molecule has 0 aliphatic carbocycles. The van der Waals surface area contributed by atoms with Gasteiger partial charge in [0.1, 0.15) is 0 Å². The van der Waals surface area contributed by atoms with Gasteiger partial charge in [0.15, 0.2) is 0 Å². The maximum absolute atomic E-state index is 10.9. The summed E-state index contributed by atoms with van der Waals surface area (Å²) in [4.78, 5) is 0. The van der Waals surface area contributed by atoms with E-state index in [1.54, 1.807) is 13.8 Å². The molecule has 0 saturated carbocycles. The standard InChI is InChI=1S/C9H20O2S/c1-7(8(2,3)4)9(5,6)12(10)11/h7H,1-6H3,(H,10,11)/p-1. The molecule has 2 unspecified atom stereocenters. The summed E-state index contributed by atoms with van der Waals surface area (Å²) >= 11 is -2.00. The summed E-state index contributed by atoms with van der Waals surface area (Å²) in [5, 5.41) is 0. The first-order chi connectivity index (χ1) is 5.10. The van der Waals surface area contributed by atoms with E-state index in [1.165, 1.54) is 0 Å². The molecular formula is C9H19O2S-. The molecule has 0 bridgehead atoms. The Morgan fingerprint density at radius 3 is 1.58 bits per heavy atom. The van der Waals surface area contributed by atoms with E-state index in [0.717, 1.165) is 0 Å². The Balaban J connectivity index is 4.69. The molecule has 0 amide bonds. The summed E-state index contributed by atoms with van der Waals surface area (Å²) in [6.45, 7) is 11.7. The molecule has 0 N–H and O–H groups in total. The number of hydrogen-bond acceptors (Lipinski definition) is 2. The summed E-state index contributed by atoms with van der Waals surface area (Å²) in [6, 6.07) is 0. The minimum Gasteiger partial charge on any atom is -0.772 e. The van der Waals surface area contributed by atoms with Gasteiger partial charge in [-0.2, -0.15) is 0 Å². The predicted molar refractivity (Wildman–Crippen MR) is 51.6 cm³/mol. The lowest BCUT2D eigenvalue weighted by atomic mass is 9.75. The average Bonchev–Trinajstić information content (AvgIpc) is 1.83. The van der Waals surface area contributed by atoms with E-state index in [1.807, 2.05) is 6.92 Å². The van der Waals surface area contributed by atoms with E-state index in [9.17, 15) is 8.76 Å². The maximum Gasteiger partial charge on any atom is 0.0301 e. The molecule has 0 saturated heterocycles. The van der Waals surface area contributed by atoms with Gasteiger partial charge in [-0.05, 0) is 36.3 Å². The van der Waals surface area contributed by atoms with Crippen molar-refractivity contribution < 1.29 is 8.76 Å². The van der Waals surface area contributed by atoms with Gasteiger partial charge >= 0.3 is 0 Å². The highest BCUT2D eigenvalue weighted by atomic mass is 32.2. The van der Waals surface area contributed by atoms with Gasteiger partial charge < -0.3 is 4.55 Å². The van der Waals surface area contributed by atoms with Crippen molar-refractivity contribution in [2.24, 2.45) is 11.3 Å². The quantitative estimate of drug-likeness (QED) is 0.628. The fourth-order valence-electron chi connectivity index (χ4n) is 1.19. The molecule has 0 aromatic heterocycles. The fraction of sp³-hybridized carbons (Fsp3) is 1.00. The third-order valence-corrected chi connectivity index (χ3v) is 3.98. The first-order valence-corrected chi connectivity index (χ1v) is 5.27. The molecule has 0 radical (unpaired) electrons. The highest BCUT2D eigenvalue weighted by Gasteiger charge is 2.35. The second kappa shape index (κ2) is 3.46. The summed E-state index contributed by atoms with van der Waals surface area (Å²) < 4.78 is 21.2. The Kier molecular flexibility index (Phi) is 3.49. The maximum atomic E-state index is 10.9. The van der Waals surface area contributed by atoms with Crippen LogP contribution in [0, 0.1) is 11.3 Å². The molecular weight excluding hydrogens is 172 g/mol. The van der Waals surface area contributed by atoms with Crippen LogP contribution in [0.5, 0.6) is 0 Å². The van der Waals surface area contributed by atoms with Crippen LogP contribution in [-0.2, 0) is 11.1 Å². The van der Waals surface area contributed by atoms with Gasteiger partial charge in [0.05, 0.1) is 0 Å². The first-order valence-electron chi connectivity index (χ1n) is 4.19. The van der Waals surface area contributed by atoms with Crippen LogP contribution in [-0.4, -0.2) is 13.5 Å². The Bertz CT molecular complexity index is 179. The Morgan fingerprint density at radius 1 is 1.17 bits per heavy atom. The second-order valence-corrected chi connectivity index (χ2v) is 6.45. The van der Waals surface area contributed by atoms with Gasteiger partial charge in [-0.15, -0.1) is 0 Å². The van der Waals surface area contributed by atoms with Crippen molar-refractivity contribution in [1.82, 2.24) is 0 Å². The van der Waals surface area contributed by atoms with E-state index in [-0.39, 0.29) is 11.3 Å². The van der Waals surface area contributed by atoms with Crippen molar-refractivity contribution in [2.75, 3.05) is 0 Å². The number of hydrogen-bond donors (Lipinski definition) is 0. The van der Waals surface area contributed by atoms with Gasteiger partial charge in [-0.3, -0.25) is 4.21 Å². The highest BCUT2D eigenvalue weighted by Crippen LogP contribution is 2.36. The lowest BCUT2D eigenvalue weighted by molar-refractivity contribution is 0.209. The molecule has 0 fully saturated rings. The third kappa shape index (κ3) is 2.56. The van der Waals surface area contributed by atoms with Crippen LogP contribution in [0.3, 0.4) is 0 Å². The van der Waals surface area contributed by atoms with Crippen molar-refractivity contribution in [3.05, 3.63) is 0 Å². The Hall–Kier alpha value is 0.110. The van der Waals surface area contributed by atoms with Gasteiger partial charge in [-0.1, -0.05) is 27.7 Å². The molecule has 12 heavy (non-hydrogen) atoms. The van der Waals surface area contributed by atoms with Crippen molar-refractivity contribution in [3.63, 3.8) is 0 Å². The van der Waals surface area contributed by atoms with Gasteiger partial charge in [0.25, 0.3) is 0 Å². The van der Waals surface area contributed by atoms with Crippen LogP contribution >= 0.6 is 0 Å². The minimum atomic E-state index is -2.00. The zero-order valence-corrected chi connectivity index (χ0v) is 9.62. The molecule has 0 spiro atoms. The molecule has 0 heterocycles. The Morgan fingerprint density at radius 2 is 1.50 bits per heavy atom. The zero-order valence-electron chi connectivity index (χ0n) is 8.80. The SMILES string of the molecule is CC(C(C)(C)C)C(C)(C)S(=O)[O-]. The third-order valence-electron chi connectivity index (χ3n) is 2.77. The molecule has 74 valence electrons. The number of rotatable bonds is 2. The van der Waals surface area contributed by atoms with Crippen molar-refractivity contribution in [2.45, 2.75) is 46.3 Å². The smallest absolute Gasteiger partial charge is 0.0301 e. The van der Waals surface area contributed by atoms with Crippen LogP contribution in [0.4, 0.5) is 0 Å². The zero-order chi connectivity index (χ0) is 10.2. The lowest BCUT2D eigenvalue weighted by Crippen LogP contribution is -2.41. The van der Waals surface area contributed by atoms with E-state index in [2.05, 4.69) is 20.8 Å². The highest BCUT2D eigenvalue weighted by molar-refractivity contribution is 7.80. The summed E-state index contributed by atoms with van der Waals surface area (Å²) in [6.07, 6.45) is 0. The molecule has 2 nitrogen and oxygen atoms in total. The normalized spacial score (nSPS) is 18.9. The molecule has 3 heteroatoms. The Labute approximate surface area is 78.0 Å². The van der Waals surface area contributed by atoms with Crippen molar-refractivity contribution in [3.8, 4) is 0 Å². The van der Waals surface area contributed by atoms with Crippen LogP contribution in [0.1, 0.15) is 41.5 Å². The average molecular weight is 191 g/mol. The molecule has 2 atom stereocenters. The van der Waals surface area contributed by atoms with E-state index < -0.39 is 15.8 Å².